The first-order valence-corrected chi connectivity index (χ1v) is 11.0. The van der Waals surface area contributed by atoms with Crippen LogP contribution >= 0.6 is 7.92 Å². The molecule has 3 aromatic rings. The summed E-state index contributed by atoms with van der Waals surface area (Å²) in [5.41, 5.74) is 0. The van der Waals surface area contributed by atoms with Crippen LogP contribution in [0.5, 0.6) is 5.75 Å². The highest BCUT2D eigenvalue weighted by Crippen LogP contribution is 2.36. The van der Waals surface area contributed by atoms with Gasteiger partial charge in [-0.05, 0) is 24.6 Å². The smallest absolute Gasteiger partial charge is 0.312 e. The lowest BCUT2D eigenvalue weighted by Crippen LogP contribution is -2.27. The summed E-state index contributed by atoms with van der Waals surface area (Å²) >= 11 is 0. The molecule has 0 saturated heterocycles. The van der Waals surface area contributed by atoms with Crippen molar-refractivity contribution in [1.29, 1.82) is 0 Å². The average Bonchev–Trinajstić information content (AvgIpc) is 2.76. The molecular weight excluding hydrogens is 381 g/mol. The van der Waals surface area contributed by atoms with Gasteiger partial charge in [0, 0.05) is 18.3 Å². The number of ether oxygens (including phenoxy) is 1. The van der Waals surface area contributed by atoms with Gasteiger partial charge in [-0.15, -0.1) is 0 Å². The van der Waals surface area contributed by atoms with Gasteiger partial charge in [-0.1, -0.05) is 85.8 Å². The van der Waals surface area contributed by atoms with Crippen LogP contribution in [0.4, 0.5) is 0 Å². The fourth-order valence-electron chi connectivity index (χ4n) is 2.91. The van der Waals surface area contributed by atoms with Gasteiger partial charge in [0.1, 0.15) is 5.75 Å². The summed E-state index contributed by atoms with van der Waals surface area (Å²) in [6.07, 6.45) is 0.533. The molecular formula is C24H24NO3P. The number of rotatable bonds is 8. The first-order chi connectivity index (χ1) is 14.2. The summed E-state index contributed by atoms with van der Waals surface area (Å²) in [5.74, 6) is 0.137. The molecule has 0 saturated carbocycles. The van der Waals surface area contributed by atoms with Gasteiger partial charge >= 0.3 is 5.97 Å². The molecule has 29 heavy (non-hydrogen) atoms. The highest BCUT2D eigenvalue weighted by atomic mass is 31.1. The van der Waals surface area contributed by atoms with Crippen LogP contribution in [-0.2, 0) is 9.59 Å². The molecule has 0 atom stereocenters. The first-order valence-electron chi connectivity index (χ1n) is 9.65. The Morgan fingerprint density at radius 2 is 1.38 bits per heavy atom. The lowest BCUT2D eigenvalue weighted by molar-refractivity contribution is -0.134. The van der Waals surface area contributed by atoms with E-state index in [9.17, 15) is 9.59 Å². The van der Waals surface area contributed by atoms with Gasteiger partial charge in [0.25, 0.3) is 0 Å². The molecule has 0 spiro atoms. The van der Waals surface area contributed by atoms with Gasteiger partial charge in [0.15, 0.2) is 0 Å². The second kappa shape index (κ2) is 10.5. The predicted octanol–water partition coefficient (Wildman–Crippen LogP) is 3.27. The van der Waals surface area contributed by atoms with Gasteiger partial charge in [0.05, 0.1) is 6.42 Å². The number of amides is 1. The van der Waals surface area contributed by atoms with Crippen molar-refractivity contribution in [1.82, 2.24) is 5.32 Å². The van der Waals surface area contributed by atoms with Gasteiger partial charge in [-0.3, -0.25) is 9.59 Å². The van der Waals surface area contributed by atoms with Crippen LogP contribution < -0.4 is 26.0 Å². The number of esters is 1. The maximum atomic E-state index is 12.4. The molecule has 0 bridgehead atoms. The standard InChI is InChI=1S/C24H24NO3P/c1-2-23(26)25-18-17-24(27)28-21-15-9-10-16-22(21)29(19-11-5-3-6-12-19)20-13-7-4-8-14-20/h3-16H,2,17-18H2,1H3,(H,25,26). The SMILES string of the molecule is CCC(=O)NCCC(=O)Oc1ccccc1P(c1ccccc1)c1ccccc1. The van der Waals surface area contributed by atoms with E-state index in [1.165, 1.54) is 10.6 Å². The highest BCUT2D eigenvalue weighted by molar-refractivity contribution is 7.80. The van der Waals surface area contributed by atoms with E-state index in [1.54, 1.807) is 6.92 Å². The quantitative estimate of drug-likeness (QED) is 0.356. The van der Waals surface area contributed by atoms with Crippen molar-refractivity contribution in [2.24, 2.45) is 0 Å². The minimum Gasteiger partial charge on any atom is -0.426 e. The Kier molecular flexibility index (Phi) is 7.54. The van der Waals surface area contributed by atoms with E-state index in [4.69, 9.17) is 4.74 Å². The summed E-state index contributed by atoms with van der Waals surface area (Å²) < 4.78 is 5.71. The third-order valence-electron chi connectivity index (χ3n) is 4.33. The number of carbonyl (C=O) groups excluding carboxylic acids is 2. The summed E-state index contributed by atoms with van der Waals surface area (Å²) in [4.78, 5) is 23.7. The fraction of sp³-hybridized carbons (Fsp3) is 0.167. The van der Waals surface area contributed by atoms with E-state index >= 15 is 0 Å². The molecule has 0 aliphatic carbocycles. The maximum absolute atomic E-state index is 12.4. The largest absolute Gasteiger partial charge is 0.426 e. The van der Waals surface area contributed by atoms with Crippen molar-refractivity contribution in [3.63, 3.8) is 0 Å². The van der Waals surface area contributed by atoms with Crippen molar-refractivity contribution in [2.45, 2.75) is 19.8 Å². The topological polar surface area (TPSA) is 55.4 Å². The molecule has 1 N–H and O–H groups in total. The van der Waals surface area contributed by atoms with Crippen LogP contribution in [0.15, 0.2) is 84.9 Å². The zero-order chi connectivity index (χ0) is 20.5. The van der Waals surface area contributed by atoms with Gasteiger partial charge in [-0.2, -0.15) is 0 Å². The van der Waals surface area contributed by atoms with E-state index in [-0.39, 0.29) is 24.8 Å². The Morgan fingerprint density at radius 3 is 1.97 bits per heavy atom. The Balaban J connectivity index is 1.87. The average molecular weight is 405 g/mol. The third kappa shape index (κ3) is 5.75. The minimum atomic E-state index is -0.870. The summed E-state index contributed by atoms with van der Waals surface area (Å²) in [5, 5.41) is 6.07. The molecule has 0 unspecified atom stereocenters. The Morgan fingerprint density at radius 1 is 0.828 bits per heavy atom. The lowest BCUT2D eigenvalue weighted by atomic mass is 10.3. The van der Waals surface area contributed by atoms with Crippen LogP contribution in [0.3, 0.4) is 0 Å². The van der Waals surface area contributed by atoms with Gasteiger partial charge in [-0.25, -0.2) is 0 Å². The Hall–Kier alpha value is -2.97. The first kappa shape index (κ1) is 20.8. The van der Waals surface area contributed by atoms with E-state index in [0.29, 0.717) is 12.2 Å². The van der Waals surface area contributed by atoms with Crippen molar-refractivity contribution < 1.29 is 14.3 Å². The Labute approximate surface area is 172 Å². The maximum Gasteiger partial charge on any atom is 0.312 e. The van der Waals surface area contributed by atoms with Crippen molar-refractivity contribution in [2.75, 3.05) is 6.54 Å². The highest BCUT2D eigenvalue weighted by Gasteiger charge is 2.21. The summed E-state index contributed by atoms with van der Waals surface area (Å²) in [6.45, 7) is 2.05. The van der Waals surface area contributed by atoms with Gasteiger partial charge in [0.2, 0.25) is 5.91 Å². The van der Waals surface area contributed by atoms with Crippen LogP contribution in [0.1, 0.15) is 19.8 Å². The zero-order valence-electron chi connectivity index (χ0n) is 16.4. The molecule has 148 valence electrons. The molecule has 1 amide bonds. The number of para-hydroxylation sites is 1. The van der Waals surface area contributed by atoms with Crippen LogP contribution in [0, 0.1) is 0 Å². The van der Waals surface area contributed by atoms with E-state index < -0.39 is 7.92 Å². The molecule has 0 aliphatic rings. The van der Waals surface area contributed by atoms with Crippen LogP contribution in [-0.4, -0.2) is 18.4 Å². The molecule has 0 heterocycles. The molecule has 0 radical (unpaired) electrons. The van der Waals surface area contributed by atoms with Crippen molar-refractivity contribution >= 4 is 35.7 Å². The number of benzene rings is 3. The fourth-order valence-corrected chi connectivity index (χ4v) is 5.28. The number of hydrogen-bond acceptors (Lipinski definition) is 3. The minimum absolute atomic E-state index is 0.0742. The summed E-state index contributed by atoms with van der Waals surface area (Å²) in [6, 6.07) is 28.2. The number of nitrogens with one attached hydrogen (secondary N) is 1. The van der Waals surface area contributed by atoms with E-state index in [2.05, 4.69) is 29.6 Å². The van der Waals surface area contributed by atoms with Crippen molar-refractivity contribution in [3.8, 4) is 5.75 Å². The second-order valence-corrected chi connectivity index (χ2v) is 8.59. The molecule has 0 fully saturated rings. The molecule has 0 aliphatic heterocycles. The number of hydrogen-bond donors (Lipinski definition) is 1. The van der Waals surface area contributed by atoms with E-state index in [1.807, 2.05) is 60.7 Å². The zero-order valence-corrected chi connectivity index (χ0v) is 17.3. The van der Waals surface area contributed by atoms with Crippen LogP contribution in [0.2, 0.25) is 0 Å². The molecule has 5 heteroatoms. The molecule has 4 nitrogen and oxygen atoms in total. The monoisotopic (exact) mass is 405 g/mol. The number of carbonyl (C=O) groups is 2. The lowest BCUT2D eigenvalue weighted by Gasteiger charge is -2.21. The Bertz CT molecular complexity index is 905. The van der Waals surface area contributed by atoms with Gasteiger partial charge < -0.3 is 10.1 Å². The molecule has 3 rings (SSSR count). The van der Waals surface area contributed by atoms with Crippen molar-refractivity contribution in [3.05, 3.63) is 84.9 Å². The normalized spacial score (nSPS) is 10.6. The summed E-state index contributed by atoms with van der Waals surface area (Å²) in [7, 11) is -0.870. The molecule has 3 aromatic carbocycles. The second-order valence-electron chi connectivity index (χ2n) is 6.40. The third-order valence-corrected chi connectivity index (χ3v) is 6.81. The van der Waals surface area contributed by atoms with Crippen LogP contribution in [0.25, 0.3) is 0 Å². The van der Waals surface area contributed by atoms with E-state index in [0.717, 1.165) is 5.30 Å². The predicted molar refractivity (Wildman–Crippen MR) is 119 cm³/mol. The molecule has 0 aromatic heterocycles.